The second kappa shape index (κ2) is 12.5. The van der Waals surface area contributed by atoms with E-state index in [0.29, 0.717) is 30.1 Å². The molecule has 2 aromatic carbocycles. The van der Waals surface area contributed by atoms with Crippen LogP contribution >= 0.6 is 11.6 Å². The highest BCUT2D eigenvalue weighted by Crippen LogP contribution is 2.22. The molecule has 0 aliphatic rings. The van der Waals surface area contributed by atoms with E-state index in [1.165, 1.54) is 13.2 Å². The molecule has 1 unspecified atom stereocenters. The Morgan fingerprint density at radius 1 is 1.05 bits per heavy atom. The Morgan fingerprint density at radius 2 is 1.77 bits per heavy atom. The van der Waals surface area contributed by atoms with Crippen molar-refractivity contribution in [1.82, 2.24) is 25.8 Å². The SMILES string of the molecule is COC(C(=O)NCc1ccccc1)c1nc(C)c(CNC(=O)c2cc(NC(=O)c3cc(F)c(F)cc3Cl)n[nH]2)o1. The van der Waals surface area contributed by atoms with Crippen LogP contribution in [0.3, 0.4) is 0 Å². The maximum absolute atomic E-state index is 13.5. The summed E-state index contributed by atoms with van der Waals surface area (Å²) < 4.78 is 37.7. The number of hydrogen-bond donors (Lipinski definition) is 4. The number of nitrogens with zero attached hydrogens (tertiary/aromatic N) is 2. The first-order chi connectivity index (χ1) is 19.2. The Kier molecular flexibility index (Phi) is 8.86. The van der Waals surface area contributed by atoms with E-state index >= 15 is 0 Å². The number of methoxy groups -OCH3 is 1. The van der Waals surface area contributed by atoms with Crippen molar-refractivity contribution in [1.29, 1.82) is 0 Å². The summed E-state index contributed by atoms with van der Waals surface area (Å²) in [6.07, 6.45) is -1.10. The first-order valence-electron chi connectivity index (χ1n) is 11.8. The molecule has 4 aromatic rings. The number of oxazole rings is 1. The molecule has 0 saturated heterocycles. The lowest BCUT2D eigenvalue weighted by Gasteiger charge is -2.12. The van der Waals surface area contributed by atoms with Crippen molar-refractivity contribution in [2.75, 3.05) is 12.4 Å². The lowest BCUT2D eigenvalue weighted by Crippen LogP contribution is -2.30. The van der Waals surface area contributed by atoms with Gasteiger partial charge in [-0.2, -0.15) is 5.10 Å². The van der Waals surface area contributed by atoms with Gasteiger partial charge in [-0.3, -0.25) is 19.5 Å². The normalized spacial score (nSPS) is 11.6. The first kappa shape index (κ1) is 28.4. The molecular formula is C26H23ClF2N6O5. The monoisotopic (exact) mass is 572 g/mol. The van der Waals surface area contributed by atoms with Crippen LogP contribution in [0.25, 0.3) is 0 Å². The number of carbonyl (C=O) groups is 3. The molecule has 4 rings (SSSR count). The smallest absolute Gasteiger partial charge is 0.269 e. The van der Waals surface area contributed by atoms with Crippen molar-refractivity contribution < 1.29 is 32.3 Å². The summed E-state index contributed by atoms with van der Waals surface area (Å²) >= 11 is 5.82. The molecule has 0 bridgehead atoms. The number of amides is 3. The standard InChI is InChI=1S/C26H23ClF2N6O5/c1-13-20(40-26(32-13)22(39-2)25(38)30-11-14-6-4-3-5-7-14)12-31-24(37)19-10-21(35-34-19)33-23(36)15-8-17(28)18(29)9-16(15)27/h3-10,22H,11-12H2,1-2H3,(H,30,38)(H,31,37)(H2,33,34,35,36). The number of rotatable bonds is 10. The van der Waals surface area contributed by atoms with Gasteiger partial charge in [0.15, 0.2) is 17.5 Å². The molecule has 0 saturated carbocycles. The second-order valence-corrected chi connectivity index (χ2v) is 8.84. The number of carbonyl (C=O) groups excluding carboxylic acids is 3. The zero-order valence-electron chi connectivity index (χ0n) is 21.2. The Balaban J connectivity index is 1.34. The quantitative estimate of drug-likeness (QED) is 0.211. The molecule has 0 radical (unpaired) electrons. The number of ether oxygens (including phenoxy) is 1. The fourth-order valence-corrected chi connectivity index (χ4v) is 3.80. The zero-order chi connectivity index (χ0) is 28.8. The number of hydrogen-bond acceptors (Lipinski definition) is 7. The predicted molar refractivity (Wildman–Crippen MR) is 138 cm³/mol. The Hall–Kier alpha value is -4.62. The van der Waals surface area contributed by atoms with Gasteiger partial charge in [-0.15, -0.1) is 0 Å². The summed E-state index contributed by atoms with van der Waals surface area (Å²) in [5.41, 5.74) is 1.02. The van der Waals surface area contributed by atoms with Crippen LogP contribution in [-0.2, 0) is 22.6 Å². The van der Waals surface area contributed by atoms with Crippen LogP contribution in [0.4, 0.5) is 14.6 Å². The van der Waals surface area contributed by atoms with E-state index in [1.807, 2.05) is 30.3 Å². The molecule has 0 aliphatic carbocycles. The number of aromatic nitrogens is 3. The van der Waals surface area contributed by atoms with Crippen molar-refractivity contribution in [3.8, 4) is 0 Å². The third-order valence-electron chi connectivity index (χ3n) is 5.65. The van der Waals surface area contributed by atoms with E-state index in [1.54, 1.807) is 6.92 Å². The maximum atomic E-state index is 13.5. The van der Waals surface area contributed by atoms with Crippen LogP contribution in [0.5, 0.6) is 0 Å². The van der Waals surface area contributed by atoms with Crippen LogP contribution in [0.1, 0.15) is 49.9 Å². The molecule has 11 nitrogen and oxygen atoms in total. The minimum atomic E-state index is -1.24. The fraction of sp³-hybridized carbons (Fsp3) is 0.192. The molecule has 0 aliphatic heterocycles. The number of aryl methyl sites for hydroxylation is 1. The first-order valence-corrected chi connectivity index (χ1v) is 12.1. The van der Waals surface area contributed by atoms with Gasteiger partial charge < -0.3 is 25.1 Å². The van der Waals surface area contributed by atoms with Gasteiger partial charge >= 0.3 is 0 Å². The molecule has 4 N–H and O–H groups in total. The summed E-state index contributed by atoms with van der Waals surface area (Å²) in [6, 6.07) is 11.9. The number of nitrogens with one attached hydrogen (secondary N) is 4. The van der Waals surface area contributed by atoms with Crippen molar-refractivity contribution in [3.05, 3.63) is 99.4 Å². The summed E-state index contributed by atoms with van der Waals surface area (Å²) in [5.74, 6) is -4.07. The molecule has 14 heteroatoms. The van der Waals surface area contributed by atoms with Gasteiger partial charge in [-0.05, 0) is 24.6 Å². The average Bonchev–Trinajstić information content (AvgIpc) is 3.55. The average molecular weight is 573 g/mol. The number of H-pyrrole nitrogens is 1. The highest BCUT2D eigenvalue weighted by atomic mass is 35.5. The van der Waals surface area contributed by atoms with Gasteiger partial charge in [0.2, 0.25) is 12.0 Å². The minimum absolute atomic E-state index is 0.0147. The molecule has 2 heterocycles. The summed E-state index contributed by atoms with van der Waals surface area (Å²) in [6.45, 7) is 1.86. The second-order valence-electron chi connectivity index (χ2n) is 8.43. The molecular weight excluding hydrogens is 550 g/mol. The van der Waals surface area contributed by atoms with Gasteiger partial charge in [0.05, 0.1) is 22.8 Å². The predicted octanol–water partition coefficient (Wildman–Crippen LogP) is 3.82. The summed E-state index contributed by atoms with van der Waals surface area (Å²) in [5, 5.41) is 13.7. The Morgan fingerprint density at radius 3 is 2.50 bits per heavy atom. The molecule has 208 valence electrons. The molecule has 2 aromatic heterocycles. The van der Waals surface area contributed by atoms with E-state index in [-0.39, 0.29) is 34.5 Å². The van der Waals surface area contributed by atoms with Crippen molar-refractivity contribution in [2.24, 2.45) is 0 Å². The van der Waals surface area contributed by atoms with Crippen LogP contribution in [-0.4, -0.2) is 40.0 Å². The maximum Gasteiger partial charge on any atom is 0.269 e. The number of halogens is 3. The molecule has 40 heavy (non-hydrogen) atoms. The topological polar surface area (TPSA) is 151 Å². The van der Waals surface area contributed by atoms with Gasteiger partial charge in [0.25, 0.3) is 17.7 Å². The lowest BCUT2D eigenvalue weighted by molar-refractivity contribution is -0.132. The highest BCUT2D eigenvalue weighted by Gasteiger charge is 2.27. The fourth-order valence-electron chi connectivity index (χ4n) is 3.56. The lowest BCUT2D eigenvalue weighted by atomic mass is 10.2. The highest BCUT2D eigenvalue weighted by molar-refractivity contribution is 6.34. The van der Waals surface area contributed by atoms with E-state index in [4.69, 9.17) is 20.8 Å². The minimum Gasteiger partial charge on any atom is -0.440 e. The van der Waals surface area contributed by atoms with Crippen LogP contribution < -0.4 is 16.0 Å². The Bertz CT molecular complexity index is 1540. The van der Waals surface area contributed by atoms with Crippen molar-refractivity contribution in [3.63, 3.8) is 0 Å². The Labute approximate surface area is 231 Å². The van der Waals surface area contributed by atoms with Gasteiger partial charge in [-0.1, -0.05) is 41.9 Å². The summed E-state index contributed by atoms with van der Waals surface area (Å²) in [4.78, 5) is 41.9. The van der Waals surface area contributed by atoms with Gasteiger partial charge in [0, 0.05) is 19.7 Å². The van der Waals surface area contributed by atoms with E-state index in [9.17, 15) is 23.2 Å². The number of benzene rings is 2. The summed E-state index contributed by atoms with van der Waals surface area (Å²) in [7, 11) is 1.35. The molecule has 1 atom stereocenters. The van der Waals surface area contributed by atoms with E-state index in [2.05, 4.69) is 31.1 Å². The van der Waals surface area contributed by atoms with Crippen molar-refractivity contribution >= 4 is 35.1 Å². The molecule has 0 spiro atoms. The van der Waals surface area contributed by atoms with E-state index < -0.39 is 35.5 Å². The number of anilines is 1. The zero-order valence-corrected chi connectivity index (χ0v) is 21.9. The van der Waals surface area contributed by atoms with Gasteiger partial charge in [0.1, 0.15) is 11.5 Å². The number of aromatic amines is 1. The molecule has 0 fully saturated rings. The third-order valence-corrected chi connectivity index (χ3v) is 5.96. The van der Waals surface area contributed by atoms with Crippen LogP contribution in [0, 0.1) is 18.6 Å². The van der Waals surface area contributed by atoms with Gasteiger partial charge in [-0.25, -0.2) is 13.8 Å². The third kappa shape index (κ3) is 6.68. The largest absolute Gasteiger partial charge is 0.440 e. The molecule has 3 amide bonds. The van der Waals surface area contributed by atoms with Crippen molar-refractivity contribution in [2.45, 2.75) is 26.1 Å². The van der Waals surface area contributed by atoms with Crippen LogP contribution in [0.2, 0.25) is 5.02 Å². The van der Waals surface area contributed by atoms with Crippen LogP contribution in [0.15, 0.2) is 52.9 Å². The van der Waals surface area contributed by atoms with E-state index in [0.717, 1.165) is 5.56 Å².